The molecule has 1 aliphatic heterocycles. The number of rotatable bonds is 6. The van der Waals surface area contributed by atoms with Gasteiger partial charge in [0.2, 0.25) is 11.8 Å². The Labute approximate surface area is 168 Å². The highest BCUT2D eigenvalue weighted by atomic mass is 31.2. The Morgan fingerprint density at radius 3 is 2.45 bits per heavy atom. The number of hydrogen-bond donors (Lipinski definition) is 0. The van der Waals surface area contributed by atoms with Gasteiger partial charge in [-0.1, -0.05) is 18.2 Å². The normalized spacial score (nSPS) is 16.6. The Balaban J connectivity index is 1.87. The van der Waals surface area contributed by atoms with E-state index in [1.807, 2.05) is 23.1 Å². The molecule has 1 aliphatic rings. The van der Waals surface area contributed by atoms with Crippen LogP contribution >= 0.6 is 7.37 Å². The fraction of sp³-hybridized carbons (Fsp3) is 0.286. The van der Waals surface area contributed by atoms with Crippen molar-refractivity contribution in [2.45, 2.75) is 6.92 Å². The van der Waals surface area contributed by atoms with Crippen molar-refractivity contribution in [2.24, 2.45) is 0 Å². The highest BCUT2D eigenvalue weighted by molar-refractivity contribution is 7.74. The Kier molecular flexibility index (Phi) is 5.81. The minimum absolute atomic E-state index is 0.257. The molecule has 2 aromatic carbocycles. The van der Waals surface area contributed by atoms with Crippen molar-refractivity contribution in [3.05, 3.63) is 60.4 Å². The summed E-state index contributed by atoms with van der Waals surface area (Å²) in [5.41, 5.74) is 0.870. The fourth-order valence-electron chi connectivity index (χ4n) is 3.25. The van der Waals surface area contributed by atoms with E-state index < -0.39 is 7.37 Å². The van der Waals surface area contributed by atoms with Gasteiger partial charge in [0.25, 0.3) is 7.37 Å². The van der Waals surface area contributed by atoms with Crippen LogP contribution in [0.2, 0.25) is 0 Å². The predicted molar refractivity (Wildman–Crippen MR) is 110 cm³/mol. The Bertz CT molecular complexity index is 1000. The first-order valence-electron chi connectivity index (χ1n) is 9.52. The van der Waals surface area contributed by atoms with Crippen LogP contribution in [0, 0.1) is 5.82 Å². The van der Waals surface area contributed by atoms with Crippen molar-refractivity contribution >= 4 is 24.0 Å². The Morgan fingerprint density at radius 2 is 1.79 bits per heavy atom. The van der Waals surface area contributed by atoms with Gasteiger partial charge < -0.3 is 18.6 Å². The third kappa shape index (κ3) is 3.99. The smallest absolute Gasteiger partial charge is 0.284 e. The third-order valence-corrected chi connectivity index (χ3v) is 7.12. The Hall–Kier alpha value is -2.47. The average Bonchev–Trinajstić information content (AvgIpc) is 3.22. The molecule has 4 rings (SSSR count). The van der Waals surface area contributed by atoms with E-state index in [4.69, 9.17) is 13.7 Å². The summed E-state index contributed by atoms with van der Waals surface area (Å²) in [6.45, 7) is 4.31. The standard InChI is InChI=1S/C21H22FN2O4P/c1-2-27-29(25,18-6-4-3-5-7-18)20-21(24-12-14-26-15-13-24)28-19(23-20)16-8-10-17(22)11-9-16/h3-11H,2,12-15H2,1H3. The molecule has 0 radical (unpaired) electrons. The molecule has 0 bridgehead atoms. The summed E-state index contributed by atoms with van der Waals surface area (Å²) in [5.74, 6) is 0.337. The Morgan fingerprint density at radius 1 is 1.10 bits per heavy atom. The van der Waals surface area contributed by atoms with Gasteiger partial charge in [-0.3, -0.25) is 4.57 Å². The fourth-order valence-corrected chi connectivity index (χ4v) is 5.35. The molecule has 1 atom stereocenters. The van der Waals surface area contributed by atoms with Crippen molar-refractivity contribution in [1.82, 2.24) is 4.98 Å². The first kappa shape index (κ1) is 19.8. The van der Waals surface area contributed by atoms with Crippen LogP contribution in [0.5, 0.6) is 0 Å². The number of oxazole rings is 1. The summed E-state index contributed by atoms with van der Waals surface area (Å²) in [7, 11) is -3.50. The van der Waals surface area contributed by atoms with Gasteiger partial charge in [-0.05, 0) is 43.3 Å². The van der Waals surface area contributed by atoms with Crippen LogP contribution in [0.3, 0.4) is 0 Å². The van der Waals surface area contributed by atoms with Gasteiger partial charge in [-0.2, -0.15) is 0 Å². The molecule has 3 aromatic rings. The average molecular weight is 416 g/mol. The topological polar surface area (TPSA) is 64.8 Å². The maximum absolute atomic E-state index is 14.1. The summed E-state index contributed by atoms with van der Waals surface area (Å²) in [6, 6.07) is 14.9. The van der Waals surface area contributed by atoms with Crippen molar-refractivity contribution in [3.8, 4) is 11.5 Å². The van der Waals surface area contributed by atoms with Crippen molar-refractivity contribution in [1.29, 1.82) is 0 Å². The van der Waals surface area contributed by atoms with E-state index >= 15 is 0 Å². The first-order chi connectivity index (χ1) is 14.1. The van der Waals surface area contributed by atoms with Gasteiger partial charge in [0.05, 0.1) is 19.8 Å². The lowest BCUT2D eigenvalue weighted by Gasteiger charge is -2.28. The second-order valence-electron chi connectivity index (χ2n) is 6.56. The van der Waals surface area contributed by atoms with Gasteiger partial charge in [0.15, 0.2) is 5.44 Å². The summed E-state index contributed by atoms with van der Waals surface area (Å²) in [6.07, 6.45) is 0. The summed E-state index contributed by atoms with van der Waals surface area (Å²) in [4.78, 5) is 6.56. The second kappa shape index (κ2) is 8.49. The van der Waals surface area contributed by atoms with Crippen molar-refractivity contribution in [3.63, 3.8) is 0 Å². The van der Waals surface area contributed by atoms with Crippen LogP contribution in [0.1, 0.15) is 6.92 Å². The lowest BCUT2D eigenvalue weighted by Crippen LogP contribution is -2.39. The first-order valence-corrected chi connectivity index (χ1v) is 11.1. The minimum atomic E-state index is -3.50. The quantitative estimate of drug-likeness (QED) is 0.573. The number of hydrogen-bond acceptors (Lipinski definition) is 6. The van der Waals surface area contributed by atoms with Crippen molar-refractivity contribution in [2.75, 3.05) is 37.8 Å². The second-order valence-corrected chi connectivity index (χ2v) is 8.86. The zero-order chi connectivity index (χ0) is 20.3. The van der Waals surface area contributed by atoms with Gasteiger partial charge >= 0.3 is 0 Å². The molecular formula is C21H22FN2O4P. The SMILES string of the molecule is CCOP(=O)(c1ccccc1)c1nc(-c2ccc(F)cc2)oc1N1CCOCC1. The van der Waals surface area contributed by atoms with Crippen LogP contribution in [0.15, 0.2) is 59.0 Å². The number of anilines is 1. The number of ether oxygens (including phenoxy) is 1. The van der Waals surface area contributed by atoms with Gasteiger partial charge in [0.1, 0.15) is 5.82 Å². The summed E-state index contributed by atoms with van der Waals surface area (Å²) >= 11 is 0. The number of nitrogens with zero attached hydrogens (tertiary/aromatic N) is 2. The van der Waals surface area contributed by atoms with E-state index in [9.17, 15) is 8.96 Å². The number of morpholine rings is 1. The molecule has 0 N–H and O–H groups in total. The minimum Gasteiger partial charge on any atom is -0.420 e. The van der Waals surface area contributed by atoms with Gasteiger partial charge in [-0.25, -0.2) is 9.37 Å². The highest BCUT2D eigenvalue weighted by Crippen LogP contribution is 2.47. The van der Waals surface area contributed by atoms with E-state index in [1.54, 1.807) is 31.2 Å². The van der Waals surface area contributed by atoms with E-state index in [-0.39, 0.29) is 23.7 Å². The molecule has 1 unspecified atom stereocenters. The highest BCUT2D eigenvalue weighted by Gasteiger charge is 2.38. The zero-order valence-electron chi connectivity index (χ0n) is 16.1. The van der Waals surface area contributed by atoms with Crippen molar-refractivity contribution < 1.29 is 22.6 Å². The zero-order valence-corrected chi connectivity index (χ0v) is 17.0. The van der Waals surface area contributed by atoms with Crippen LogP contribution < -0.4 is 15.6 Å². The van der Waals surface area contributed by atoms with E-state index in [0.717, 1.165) is 0 Å². The third-order valence-electron chi connectivity index (χ3n) is 4.67. The van der Waals surface area contributed by atoms with E-state index in [1.165, 1.54) is 12.1 Å². The van der Waals surface area contributed by atoms with Gasteiger partial charge in [0, 0.05) is 24.0 Å². The van der Waals surface area contributed by atoms with Crippen LogP contribution in [0.25, 0.3) is 11.5 Å². The molecule has 1 fully saturated rings. The maximum atomic E-state index is 14.1. The molecule has 0 saturated carbocycles. The molecule has 1 saturated heterocycles. The number of halogens is 1. The molecule has 0 amide bonds. The molecule has 0 aliphatic carbocycles. The maximum Gasteiger partial charge on any atom is 0.284 e. The molecule has 2 heterocycles. The largest absolute Gasteiger partial charge is 0.420 e. The predicted octanol–water partition coefficient (Wildman–Crippen LogP) is 3.58. The van der Waals surface area contributed by atoms with E-state index in [0.29, 0.717) is 43.1 Å². The molecule has 8 heteroatoms. The van der Waals surface area contributed by atoms with Crippen LogP contribution in [0.4, 0.5) is 10.3 Å². The molecule has 6 nitrogen and oxygen atoms in total. The molecule has 29 heavy (non-hydrogen) atoms. The lowest BCUT2D eigenvalue weighted by atomic mass is 10.2. The molecule has 0 spiro atoms. The molecule has 1 aromatic heterocycles. The van der Waals surface area contributed by atoms with Gasteiger partial charge in [-0.15, -0.1) is 0 Å². The molecular weight excluding hydrogens is 394 g/mol. The summed E-state index contributed by atoms with van der Waals surface area (Å²) < 4.78 is 44.8. The lowest BCUT2D eigenvalue weighted by molar-refractivity contribution is 0.121. The monoisotopic (exact) mass is 416 g/mol. The summed E-state index contributed by atoms with van der Waals surface area (Å²) in [5, 5.41) is 0.551. The van der Waals surface area contributed by atoms with Crippen LogP contribution in [-0.4, -0.2) is 37.9 Å². The number of benzene rings is 2. The number of aromatic nitrogens is 1. The van der Waals surface area contributed by atoms with Crippen LogP contribution in [-0.2, 0) is 13.8 Å². The molecule has 152 valence electrons. The van der Waals surface area contributed by atoms with E-state index in [2.05, 4.69) is 4.98 Å².